The molecule has 0 bridgehead atoms. The standard InChI is InChI=1S/C13H17N3S/c1-9-4-5-14-6-12(9)7-15-8-13-16-10(2)11(3)17-13/h4-6,15H,7-8H2,1-3H3. The molecule has 0 saturated heterocycles. The van der Waals surface area contributed by atoms with Crippen molar-refractivity contribution >= 4 is 11.3 Å². The Bertz CT molecular complexity index is 486. The smallest absolute Gasteiger partial charge is 0.107 e. The molecule has 0 unspecified atom stereocenters. The van der Waals surface area contributed by atoms with Gasteiger partial charge in [-0.15, -0.1) is 11.3 Å². The van der Waals surface area contributed by atoms with E-state index >= 15 is 0 Å². The number of thiazole rings is 1. The van der Waals surface area contributed by atoms with E-state index in [1.165, 1.54) is 16.0 Å². The molecule has 2 aromatic rings. The Morgan fingerprint density at radius 2 is 2.06 bits per heavy atom. The lowest BCUT2D eigenvalue weighted by atomic mass is 10.2. The van der Waals surface area contributed by atoms with Crippen LogP contribution in [0, 0.1) is 20.8 Å². The summed E-state index contributed by atoms with van der Waals surface area (Å²) in [7, 11) is 0. The Morgan fingerprint density at radius 1 is 1.24 bits per heavy atom. The van der Waals surface area contributed by atoms with Gasteiger partial charge in [0.1, 0.15) is 5.01 Å². The number of pyridine rings is 1. The van der Waals surface area contributed by atoms with Crippen LogP contribution in [0.15, 0.2) is 18.5 Å². The van der Waals surface area contributed by atoms with Crippen LogP contribution in [0.3, 0.4) is 0 Å². The second-order valence-electron chi connectivity index (χ2n) is 4.15. The first-order valence-electron chi connectivity index (χ1n) is 5.70. The van der Waals surface area contributed by atoms with E-state index < -0.39 is 0 Å². The minimum Gasteiger partial charge on any atom is -0.306 e. The highest BCUT2D eigenvalue weighted by molar-refractivity contribution is 7.11. The monoisotopic (exact) mass is 247 g/mol. The van der Waals surface area contributed by atoms with Gasteiger partial charge in [-0.2, -0.15) is 0 Å². The average molecular weight is 247 g/mol. The van der Waals surface area contributed by atoms with Gasteiger partial charge in [0.05, 0.1) is 5.69 Å². The van der Waals surface area contributed by atoms with Crippen molar-refractivity contribution in [2.75, 3.05) is 0 Å². The second kappa shape index (κ2) is 5.38. The zero-order valence-corrected chi connectivity index (χ0v) is 11.3. The SMILES string of the molecule is Cc1ccncc1CNCc1nc(C)c(C)s1. The highest BCUT2D eigenvalue weighted by Crippen LogP contribution is 2.16. The zero-order chi connectivity index (χ0) is 12.3. The molecule has 2 rings (SSSR count). The first-order chi connectivity index (χ1) is 8.16. The van der Waals surface area contributed by atoms with Gasteiger partial charge in [0.25, 0.3) is 0 Å². The summed E-state index contributed by atoms with van der Waals surface area (Å²) in [6.45, 7) is 7.95. The van der Waals surface area contributed by atoms with Crippen LogP contribution >= 0.6 is 11.3 Å². The van der Waals surface area contributed by atoms with Crippen molar-refractivity contribution in [1.29, 1.82) is 0 Å². The molecule has 2 heterocycles. The molecule has 0 aliphatic rings. The molecular formula is C13H17N3S. The van der Waals surface area contributed by atoms with Crippen LogP contribution in [0.5, 0.6) is 0 Å². The van der Waals surface area contributed by atoms with Crippen LogP contribution in [0.2, 0.25) is 0 Å². The van der Waals surface area contributed by atoms with E-state index in [9.17, 15) is 0 Å². The van der Waals surface area contributed by atoms with E-state index in [-0.39, 0.29) is 0 Å². The van der Waals surface area contributed by atoms with E-state index in [0.29, 0.717) is 0 Å². The number of nitrogens with one attached hydrogen (secondary N) is 1. The second-order valence-corrected chi connectivity index (χ2v) is 5.44. The third kappa shape index (κ3) is 3.11. The van der Waals surface area contributed by atoms with Gasteiger partial charge < -0.3 is 5.32 Å². The summed E-state index contributed by atoms with van der Waals surface area (Å²) >= 11 is 1.76. The normalized spacial score (nSPS) is 10.8. The number of nitrogens with zero attached hydrogens (tertiary/aromatic N) is 2. The molecule has 0 fully saturated rings. The van der Waals surface area contributed by atoms with Crippen LogP contribution in [-0.4, -0.2) is 9.97 Å². The Morgan fingerprint density at radius 3 is 2.71 bits per heavy atom. The predicted octanol–water partition coefficient (Wildman–Crippen LogP) is 2.75. The maximum Gasteiger partial charge on any atom is 0.107 e. The van der Waals surface area contributed by atoms with Crippen molar-refractivity contribution in [3.05, 3.63) is 45.2 Å². The summed E-state index contributed by atoms with van der Waals surface area (Å²) in [5.41, 5.74) is 3.67. The molecule has 0 spiro atoms. The first kappa shape index (κ1) is 12.2. The Labute approximate surface area is 106 Å². The van der Waals surface area contributed by atoms with E-state index in [0.717, 1.165) is 23.8 Å². The molecule has 4 heteroatoms. The fourth-order valence-electron chi connectivity index (χ4n) is 1.60. The molecule has 0 aliphatic heterocycles. The van der Waals surface area contributed by atoms with Gasteiger partial charge in [-0.25, -0.2) is 4.98 Å². The number of aryl methyl sites for hydroxylation is 3. The highest BCUT2D eigenvalue weighted by Gasteiger charge is 2.03. The predicted molar refractivity (Wildman–Crippen MR) is 71.1 cm³/mol. The Hall–Kier alpha value is -1.26. The van der Waals surface area contributed by atoms with Gasteiger partial charge in [-0.05, 0) is 38.0 Å². The van der Waals surface area contributed by atoms with E-state index in [4.69, 9.17) is 0 Å². The zero-order valence-electron chi connectivity index (χ0n) is 10.4. The van der Waals surface area contributed by atoms with Crippen molar-refractivity contribution in [3.8, 4) is 0 Å². The van der Waals surface area contributed by atoms with Crippen LogP contribution < -0.4 is 5.32 Å². The van der Waals surface area contributed by atoms with Gasteiger partial charge in [-0.1, -0.05) is 0 Å². The van der Waals surface area contributed by atoms with Crippen LogP contribution in [0.25, 0.3) is 0 Å². The highest BCUT2D eigenvalue weighted by atomic mass is 32.1. The lowest BCUT2D eigenvalue weighted by molar-refractivity contribution is 0.684. The molecule has 90 valence electrons. The molecule has 0 radical (unpaired) electrons. The molecule has 0 aliphatic carbocycles. The molecular weight excluding hydrogens is 230 g/mol. The molecule has 0 saturated carbocycles. The maximum absolute atomic E-state index is 4.50. The summed E-state index contributed by atoms with van der Waals surface area (Å²) in [6, 6.07) is 2.04. The van der Waals surface area contributed by atoms with Crippen LogP contribution in [0.4, 0.5) is 0 Å². The van der Waals surface area contributed by atoms with E-state index in [2.05, 4.69) is 36.1 Å². The summed E-state index contributed by atoms with van der Waals surface area (Å²) in [4.78, 5) is 9.95. The Kier molecular flexibility index (Phi) is 3.86. The fraction of sp³-hybridized carbons (Fsp3) is 0.385. The van der Waals surface area contributed by atoms with Crippen molar-refractivity contribution < 1.29 is 0 Å². The van der Waals surface area contributed by atoms with Crippen LogP contribution in [-0.2, 0) is 13.1 Å². The van der Waals surface area contributed by atoms with Gasteiger partial charge in [0, 0.05) is 30.4 Å². The third-order valence-corrected chi connectivity index (χ3v) is 3.88. The quantitative estimate of drug-likeness (QED) is 0.902. The minimum absolute atomic E-state index is 0.827. The van der Waals surface area contributed by atoms with Crippen LogP contribution in [0.1, 0.15) is 26.7 Å². The largest absolute Gasteiger partial charge is 0.306 e. The van der Waals surface area contributed by atoms with Gasteiger partial charge in [-0.3, -0.25) is 4.98 Å². The van der Waals surface area contributed by atoms with E-state index in [1.54, 1.807) is 11.3 Å². The van der Waals surface area contributed by atoms with Gasteiger partial charge in [0.2, 0.25) is 0 Å². The molecule has 0 atom stereocenters. The molecule has 17 heavy (non-hydrogen) atoms. The third-order valence-electron chi connectivity index (χ3n) is 2.81. The van der Waals surface area contributed by atoms with Crippen molar-refractivity contribution in [1.82, 2.24) is 15.3 Å². The topological polar surface area (TPSA) is 37.8 Å². The van der Waals surface area contributed by atoms with Gasteiger partial charge in [0.15, 0.2) is 0 Å². The molecule has 0 amide bonds. The number of hydrogen-bond donors (Lipinski definition) is 1. The van der Waals surface area contributed by atoms with E-state index in [1.807, 2.05) is 18.5 Å². The average Bonchev–Trinajstić information content (AvgIpc) is 2.61. The molecule has 3 nitrogen and oxygen atoms in total. The first-order valence-corrected chi connectivity index (χ1v) is 6.51. The molecule has 0 aromatic carbocycles. The summed E-state index contributed by atoms with van der Waals surface area (Å²) < 4.78 is 0. The van der Waals surface area contributed by atoms with Crippen molar-refractivity contribution in [3.63, 3.8) is 0 Å². The summed E-state index contributed by atoms with van der Waals surface area (Å²) in [5, 5.41) is 4.56. The Balaban J connectivity index is 1.90. The number of rotatable bonds is 4. The molecule has 1 N–H and O–H groups in total. The fourth-order valence-corrected chi connectivity index (χ4v) is 2.50. The number of hydrogen-bond acceptors (Lipinski definition) is 4. The lowest BCUT2D eigenvalue weighted by Crippen LogP contribution is -2.13. The van der Waals surface area contributed by atoms with Crippen molar-refractivity contribution in [2.45, 2.75) is 33.9 Å². The minimum atomic E-state index is 0.827. The lowest BCUT2D eigenvalue weighted by Gasteiger charge is -2.05. The molecule has 2 aromatic heterocycles. The summed E-state index contributed by atoms with van der Waals surface area (Å²) in [6.07, 6.45) is 3.74. The van der Waals surface area contributed by atoms with Crippen molar-refractivity contribution in [2.24, 2.45) is 0 Å². The maximum atomic E-state index is 4.50. The number of aromatic nitrogens is 2. The van der Waals surface area contributed by atoms with Gasteiger partial charge >= 0.3 is 0 Å². The summed E-state index contributed by atoms with van der Waals surface area (Å²) in [5.74, 6) is 0.